The molecule has 0 bridgehead atoms. The molecule has 6 heteroatoms. The lowest BCUT2D eigenvalue weighted by Gasteiger charge is -2.31. The van der Waals surface area contributed by atoms with E-state index in [1.807, 2.05) is 48.7 Å². The molecule has 0 radical (unpaired) electrons. The van der Waals surface area contributed by atoms with E-state index in [0.29, 0.717) is 5.92 Å². The third-order valence-electron chi connectivity index (χ3n) is 6.17. The van der Waals surface area contributed by atoms with Gasteiger partial charge in [0.15, 0.2) is 0 Å². The zero-order chi connectivity index (χ0) is 20.7. The van der Waals surface area contributed by atoms with Gasteiger partial charge in [0.1, 0.15) is 5.76 Å². The number of aryl methyl sites for hydroxylation is 2. The van der Waals surface area contributed by atoms with E-state index >= 15 is 0 Å². The van der Waals surface area contributed by atoms with Gasteiger partial charge in [0.05, 0.1) is 22.8 Å². The molecule has 1 saturated heterocycles. The van der Waals surface area contributed by atoms with E-state index in [-0.39, 0.29) is 11.7 Å². The highest BCUT2D eigenvalue weighted by Crippen LogP contribution is 2.36. The molecule has 154 valence electrons. The summed E-state index contributed by atoms with van der Waals surface area (Å²) in [6, 6.07) is 16.3. The number of fused-ring (bicyclic) bond motifs is 1. The lowest BCUT2D eigenvalue weighted by molar-refractivity contribution is 0.0544. The van der Waals surface area contributed by atoms with E-state index in [9.17, 15) is 4.79 Å². The minimum absolute atomic E-state index is 0.0451. The van der Waals surface area contributed by atoms with E-state index in [4.69, 9.17) is 9.26 Å². The summed E-state index contributed by atoms with van der Waals surface area (Å²) >= 11 is 0. The first-order valence-corrected chi connectivity index (χ1v) is 10.4. The standard InChI is InChI=1S/C24H25N3O3/c1-15-22(16(2)30-26-15)19-8-9-20-21(14-19)27(24(28)25-20)23(17-6-4-3-5-7-17)18-10-12-29-13-11-18/h3-9,14,18,23H,10-13H2,1-2H3,(H,25,28)/t23-/m0/s1. The third kappa shape index (κ3) is 3.17. The predicted molar refractivity (Wildman–Crippen MR) is 116 cm³/mol. The predicted octanol–water partition coefficient (Wildman–Crippen LogP) is 4.62. The van der Waals surface area contributed by atoms with Crippen molar-refractivity contribution in [2.45, 2.75) is 32.7 Å². The lowest BCUT2D eigenvalue weighted by atomic mass is 9.86. The largest absolute Gasteiger partial charge is 0.381 e. The number of H-pyrrole nitrogens is 1. The van der Waals surface area contributed by atoms with Crippen LogP contribution in [0.1, 0.15) is 35.9 Å². The summed E-state index contributed by atoms with van der Waals surface area (Å²) in [6.07, 6.45) is 1.87. The van der Waals surface area contributed by atoms with Gasteiger partial charge in [-0.3, -0.25) is 4.57 Å². The summed E-state index contributed by atoms with van der Waals surface area (Å²) in [5.74, 6) is 1.11. The Labute approximate surface area is 174 Å². The van der Waals surface area contributed by atoms with Gasteiger partial charge < -0.3 is 14.2 Å². The second kappa shape index (κ2) is 7.61. The van der Waals surface area contributed by atoms with Crippen molar-refractivity contribution < 1.29 is 9.26 Å². The van der Waals surface area contributed by atoms with Crippen LogP contribution < -0.4 is 5.69 Å². The van der Waals surface area contributed by atoms with Crippen molar-refractivity contribution in [1.82, 2.24) is 14.7 Å². The topological polar surface area (TPSA) is 73.0 Å². The quantitative estimate of drug-likeness (QED) is 0.540. The Hall–Kier alpha value is -3.12. The van der Waals surface area contributed by atoms with Gasteiger partial charge in [-0.1, -0.05) is 41.6 Å². The molecule has 4 aromatic rings. The molecule has 1 aliphatic heterocycles. The Bertz CT molecular complexity index is 1210. The van der Waals surface area contributed by atoms with Crippen LogP contribution in [0.5, 0.6) is 0 Å². The van der Waals surface area contributed by atoms with Crippen molar-refractivity contribution in [1.29, 1.82) is 0 Å². The zero-order valence-corrected chi connectivity index (χ0v) is 17.2. The number of nitrogens with one attached hydrogen (secondary N) is 1. The summed E-state index contributed by atoms with van der Waals surface area (Å²) in [7, 11) is 0. The smallest absolute Gasteiger partial charge is 0.327 e. The number of rotatable bonds is 4. The van der Waals surface area contributed by atoms with Crippen LogP contribution in [0.2, 0.25) is 0 Å². The van der Waals surface area contributed by atoms with Crippen LogP contribution in [-0.4, -0.2) is 27.9 Å². The first-order chi connectivity index (χ1) is 14.6. The molecule has 1 atom stereocenters. The van der Waals surface area contributed by atoms with Crippen molar-refractivity contribution >= 4 is 11.0 Å². The zero-order valence-electron chi connectivity index (χ0n) is 17.2. The average molecular weight is 403 g/mol. The SMILES string of the molecule is Cc1noc(C)c1-c1ccc2[nH]c(=O)n([C@@H](c3ccccc3)C3CCOCC3)c2c1. The van der Waals surface area contributed by atoms with Crippen LogP contribution in [0.4, 0.5) is 0 Å². The summed E-state index contributed by atoms with van der Waals surface area (Å²) in [6.45, 7) is 5.32. The molecule has 0 amide bonds. The summed E-state index contributed by atoms with van der Waals surface area (Å²) in [4.78, 5) is 16.2. The van der Waals surface area contributed by atoms with Gasteiger partial charge >= 0.3 is 5.69 Å². The van der Waals surface area contributed by atoms with Crippen molar-refractivity contribution in [3.63, 3.8) is 0 Å². The highest BCUT2D eigenvalue weighted by molar-refractivity contribution is 5.83. The molecular formula is C24H25N3O3. The van der Waals surface area contributed by atoms with Gasteiger partial charge in [0.25, 0.3) is 0 Å². The highest BCUT2D eigenvalue weighted by Gasteiger charge is 2.29. The summed E-state index contributed by atoms with van der Waals surface area (Å²) in [5, 5.41) is 4.09. The number of benzene rings is 2. The minimum Gasteiger partial charge on any atom is -0.381 e. The lowest BCUT2D eigenvalue weighted by Crippen LogP contribution is -2.32. The molecular weight excluding hydrogens is 378 g/mol. The van der Waals surface area contributed by atoms with Crippen molar-refractivity contribution in [2.24, 2.45) is 5.92 Å². The van der Waals surface area contributed by atoms with E-state index in [2.05, 4.69) is 28.3 Å². The minimum atomic E-state index is -0.0822. The molecule has 1 aliphatic rings. The monoisotopic (exact) mass is 403 g/mol. The molecule has 0 saturated carbocycles. The Morgan fingerprint density at radius 3 is 2.57 bits per heavy atom. The van der Waals surface area contributed by atoms with Crippen LogP contribution in [-0.2, 0) is 4.74 Å². The van der Waals surface area contributed by atoms with Gasteiger partial charge in [-0.2, -0.15) is 0 Å². The van der Waals surface area contributed by atoms with Gasteiger partial charge in [-0.15, -0.1) is 0 Å². The molecule has 2 aromatic carbocycles. The van der Waals surface area contributed by atoms with Crippen LogP contribution >= 0.6 is 0 Å². The van der Waals surface area contributed by atoms with Crippen LogP contribution in [0.15, 0.2) is 57.8 Å². The molecule has 0 aliphatic carbocycles. The molecule has 0 unspecified atom stereocenters. The summed E-state index contributed by atoms with van der Waals surface area (Å²) < 4.78 is 12.9. The number of imidazole rings is 1. The average Bonchev–Trinajstić information content (AvgIpc) is 3.28. The molecule has 1 N–H and O–H groups in total. The number of hydrogen-bond donors (Lipinski definition) is 1. The Morgan fingerprint density at radius 2 is 1.87 bits per heavy atom. The summed E-state index contributed by atoms with van der Waals surface area (Å²) in [5.41, 5.74) is 5.64. The molecule has 5 rings (SSSR count). The Balaban J connectivity index is 1.71. The van der Waals surface area contributed by atoms with Crippen LogP contribution in [0.3, 0.4) is 0 Å². The van der Waals surface area contributed by atoms with Crippen LogP contribution in [0, 0.1) is 19.8 Å². The molecule has 30 heavy (non-hydrogen) atoms. The molecule has 2 aromatic heterocycles. The fourth-order valence-electron chi connectivity index (χ4n) is 4.76. The van der Waals surface area contributed by atoms with Crippen molar-refractivity contribution in [3.05, 3.63) is 76.0 Å². The second-order valence-electron chi connectivity index (χ2n) is 8.04. The molecule has 3 heterocycles. The molecule has 6 nitrogen and oxygen atoms in total. The third-order valence-corrected chi connectivity index (χ3v) is 6.17. The number of hydrogen-bond acceptors (Lipinski definition) is 4. The highest BCUT2D eigenvalue weighted by atomic mass is 16.5. The number of nitrogens with zero attached hydrogens (tertiary/aromatic N) is 2. The normalized spacial score (nSPS) is 16.2. The van der Waals surface area contributed by atoms with Crippen molar-refractivity contribution in [2.75, 3.05) is 13.2 Å². The Morgan fingerprint density at radius 1 is 1.10 bits per heavy atom. The number of aromatic amines is 1. The van der Waals surface area contributed by atoms with E-state index in [0.717, 1.165) is 65.2 Å². The van der Waals surface area contributed by atoms with Gasteiger partial charge in [-0.05, 0) is 55.9 Å². The first-order valence-electron chi connectivity index (χ1n) is 10.4. The fourth-order valence-corrected chi connectivity index (χ4v) is 4.76. The Kier molecular flexibility index (Phi) is 4.79. The maximum Gasteiger partial charge on any atom is 0.327 e. The number of ether oxygens (including phenoxy) is 1. The van der Waals surface area contributed by atoms with Crippen LogP contribution in [0.25, 0.3) is 22.2 Å². The molecule has 1 fully saturated rings. The second-order valence-corrected chi connectivity index (χ2v) is 8.04. The van der Waals surface area contributed by atoms with Gasteiger partial charge in [-0.25, -0.2) is 4.79 Å². The van der Waals surface area contributed by atoms with E-state index in [1.165, 1.54) is 0 Å². The van der Waals surface area contributed by atoms with Gasteiger partial charge in [0.2, 0.25) is 0 Å². The molecule has 0 spiro atoms. The fraction of sp³-hybridized carbons (Fsp3) is 0.333. The maximum atomic E-state index is 13.2. The first kappa shape index (κ1) is 18.9. The van der Waals surface area contributed by atoms with E-state index in [1.54, 1.807) is 0 Å². The van der Waals surface area contributed by atoms with Gasteiger partial charge in [0, 0.05) is 18.8 Å². The maximum absolute atomic E-state index is 13.2. The number of aromatic nitrogens is 3. The van der Waals surface area contributed by atoms with Crippen molar-refractivity contribution in [3.8, 4) is 11.1 Å². The van der Waals surface area contributed by atoms with E-state index < -0.39 is 0 Å².